The topological polar surface area (TPSA) is 62.9 Å². The number of aryl methyl sites for hydroxylation is 2. The summed E-state index contributed by atoms with van der Waals surface area (Å²) in [6.07, 6.45) is 5.89. The molecule has 1 aromatic carbocycles. The van der Waals surface area contributed by atoms with Gasteiger partial charge in [0.05, 0.1) is 18.4 Å². The van der Waals surface area contributed by atoms with Crippen LogP contribution >= 0.6 is 0 Å². The second-order valence-electron chi connectivity index (χ2n) is 6.66. The molecule has 0 fully saturated rings. The molecule has 2 aromatic rings. The van der Waals surface area contributed by atoms with Gasteiger partial charge >= 0.3 is 0 Å². The third kappa shape index (κ3) is 4.83. The summed E-state index contributed by atoms with van der Waals surface area (Å²) in [6, 6.07) is 10.3. The van der Waals surface area contributed by atoms with Gasteiger partial charge in [0.15, 0.2) is 0 Å². The Labute approximate surface area is 149 Å². The van der Waals surface area contributed by atoms with Gasteiger partial charge in [0.1, 0.15) is 11.6 Å². The van der Waals surface area contributed by atoms with Crippen molar-refractivity contribution in [2.45, 2.75) is 51.6 Å². The maximum atomic E-state index is 8.55. The Morgan fingerprint density at radius 1 is 1.44 bits per heavy atom. The van der Waals surface area contributed by atoms with Gasteiger partial charge in [-0.15, -0.1) is 0 Å². The molecule has 25 heavy (non-hydrogen) atoms. The standard InChI is InChI=1S/C20H26N4O/c1-16-15-24-10-5-7-18(20(24)23-16)14-22-13-17-6-4-8-19(12-17)25-11-3-2-9-21/h4,6,8,12,15,18,22H,2-3,5,7,10-11,13-14H2,1H3/t18-/m0/s1. The van der Waals surface area contributed by atoms with E-state index < -0.39 is 0 Å². The third-order valence-electron chi connectivity index (χ3n) is 4.56. The first-order chi connectivity index (χ1) is 12.3. The Balaban J connectivity index is 1.49. The number of nitriles is 1. The summed E-state index contributed by atoms with van der Waals surface area (Å²) in [5.41, 5.74) is 2.33. The van der Waals surface area contributed by atoms with Gasteiger partial charge in [-0.3, -0.25) is 0 Å². The minimum atomic E-state index is 0.493. The van der Waals surface area contributed by atoms with Gasteiger partial charge in [-0.2, -0.15) is 5.26 Å². The smallest absolute Gasteiger partial charge is 0.119 e. The predicted octanol–water partition coefficient (Wildman–Crippen LogP) is 3.54. The van der Waals surface area contributed by atoms with Gasteiger partial charge in [-0.1, -0.05) is 12.1 Å². The Kier molecular flexibility index (Phi) is 6.08. The third-order valence-corrected chi connectivity index (χ3v) is 4.56. The molecule has 0 radical (unpaired) electrons. The Morgan fingerprint density at radius 2 is 2.36 bits per heavy atom. The van der Waals surface area contributed by atoms with Crippen LogP contribution in [0.3, 0.4) is 0 Å². The highest BCUT2D eigenvalue weighted by molar-refractivity contribution is 5.28. The number of nitrogens with one attached hydrogen (secondary N) is 1. The Hall–Kier alpha value is -2.32. The molecule has 0 saturated heterocycles. The highest BCUT2D eigenvalue weighted by Gasteiger charge is 2.21. The molecule has 1 N–H and O–H groups in total. The van der Waals surface area contributed by atoms with E-state index >= 15 is 0 Å². The second kappa shape index (κ2) is 8.68. The van der Waals surface area contributed by atoms with Gasteiger partial charge in [0.2, 0.25) is 0 Å². The monoisotopic (exact) mass is 338 g/mol. The van der Waals surface area contributed by atoms with Crippen LogP contribution in [-0.4, -0.2) is 22.7 Å². The average Bonchev–Trinajstić information content (AvgIpc) is 3.00. The fourth-order valence-electron chi connectivity index (χ4n) is 3.38. The van der Waals surface area contributed by atoms with Crippen LogP contribution in [0.25, 0.3) is 0 Å². The largest absolute Gasteiger partial charge is 0.494 e. The number of rotatable bonds is 8. The first kappa shape index (κ1) is 17.5. The highest BCUT2D eigenvalue weighted by atomic mass is 16.5. The zero-order valence-electron chi connectivity index (χ0n) is 14.9. The summed E-state index contributed by atoms with van der Waals surface area (Å²) in [5.74, 6) is 2.60. The first-order valence-electron chi connectivity index (χ1n) is 9.09. The molecule has 3 rings (SSSR count). The molecule has 1 aliphatic heterocycles. The van der Waals surface area contributed by atoms with E-state index in [1.807, 2.05) is 12.1 Å². The van der Waals surface area contributed by atoms with E-state index in [0.717, 1.165) is 37.5 Å². The summed E-state index contributed by atoms with van der Waals surface area (Å²) in [4.78, 5) is 4.70. The van der Waals surface area contributed by atoms with Crippen molar-refractivity contribution >= 4 is 0 Å². The van der Waals surface area contributed by atoms with Gasteiger partial charge < -0.3 is 14.6 Å². The number of nitrogens with zero attached hydrogens (tertiary/aromatic N) is 3. The van der Waals surface area contributed by atoms with Crippen molar-refractivity contribution in [3.8, 4) is 11.8 Å². The molecule has 5 heteroatoms. The van der Waals surface area contributed by atoms with Crippen LogP contribution in [0.1, 0.15) is 48.7 Å². The van der Waals surface area contributed by atoms with Crippen molar-refractivity contribution in [1.29, 1.82) is 5.26 Å². The summed E-state index contributed by atoms with van der Waals surface area (Å²) in [7, 11) is 0. The molecule has 0 saturated carbocycles. The molecule has 0 bridgehead atoms. The number of fused-ring (bicyclic) bond motifs is 1. The SMILES string of the molecule is Cc1cn2c(n1)[C@H](CNCc1cccc(OCCCC#N)c1)CCC2. The lowest BCUT2D eigenvalue weighted by Gasteiger charge is -2.23. The van der Waals surface area contributed by atoms with Crippen LogP contribution in [0.15, 0.2) is 30.5 Å². The van der Waals surface area contributed by atoms with Crippen molar-refractivity contribution in [1.82, 2.24) is 14.9 Å². The van der Waals surface area contributed by atoms with E-state index in [9.17, 15) is 0 Å². The Bertz CT molecular complexity index is 732. The highest BCUT2D eigenvalue weighted by Crippen LogP contribution is 2.26. The maximum Gasteiger partial charge on any atom is 0.119 e. The zero-order chi connectivity index (χ0) is 17.5. The van der Waals surface area contributed by atoms with E-state index in [1.54, 1.807) is 0 Å². The number of hydrogen-bond acceptors (Lipinski definition) is 4. The molecule has 0 spiro atoms. The lowest BCUT2D eigenvalue weighted by Crippen LogP contribution is -2.26. The zero-order valence-corrected chi connectivity index (χ0v) is 14.9. The normalized spacial score (nSPS) is 16.2. The summed E-state index contributed by atoms with van der Waals surface area (Å²) < 4.78 is 8.01. The molecule has 1 aromatic heterocycles. The van der Waals surface area contributed by atoms with Crippen LogP contribution in [0.4, 0.5) is 0 Å². The van der Waals surface area contributed by atoms with Crippen molar-refractivity contribution < 1.29 is 4.74 Å². The number of hydrogen-bond donors (Lipinski definition) is 1. The van der Waals surface area contributed by atoms with Crippen LogP contribution in [0.5, 0.6) is 5.75 Å². The van der Waals surface area contributed by atoms with Crippen LogP contribution in [-0.2, 0) is 13.1 Å². The number of unbranched alkanes of at least 4 members (excludes halogenated alkanes) is 1. The number of aromatic nitrogens is 2. The molecule has 1 atom stereocenters. The maximum absolute atomic E-state index is 8.55. The lowest BCUT2D eigenvalue weighted by atomic mass is 9.99. The fourth-order valence-corrected chi connectivity index (χ4v) is 3.38. The van der Waals surface area contributed by atoms with Crippen molar-refractivity contribution in [2.24, 2.45) is 0 Å². The minimum absolute atomic E-state index is 0.493. The van der Waals surface area contributed by atoms with Crippen molar-refractivity contribution in [3.63, 3.8) is 0 Å². The van der Waals surface area contributed by atoms with Gasteiger partial charge in [-0.25, -0.2) is 4.98 Å². The lowest BCUT2D eigenvalue weighted by molar-refractivity contribution is 0.312. The van der Waals surface area contributed by atoms with Gasteiger partial charge in [0.25, 0.3) is 0 Å². The molecule has 1 aliphatic rings. The molecular weight excluding hydrogens is 312 g/mol. The van der Waals surface area contributed by atoms with Gasteiger partial charge in [-0.05, 0) is 43.9 Å². The van der Waals surface area contributed by atoms with E-state index in [2.05, 4.69) is 41.2 Å². The summed E-state index contributed by atoms with van der Waals surface area (Å²) >= 11 is 0. The van der Waals surface area contributed by atoms with Crippen molar-refractivity contribution in [2.75, 3.05) is 13.2 Å². The molecule has 0 unspecified atom stereocenters. The van der Waals surface area contributed by atoms with Crippen LogP contribution in [0.2, 0.25) is 0 Å². The van der Waals surface area contributed by atoms with Gasteiger partial charge in [0, 0.05) is 38.2 Å². The average molecular weight is 338 g/mol. The summed E-state index contributed by atoms with van der Waals surface area (Å²) in [5, 5.41) is 12.1. The first-order valence-corrected chi connectivity index (χ1v) is 9.09. The van der Waals surface area contributed by atoms with E-state index in [4.69, 9.17) is 15.0 Å². The number of benzene rings is 1. The number of ether oxygens (including phenoxy) is 1. The molecule has 5 nitrogen and oxygen atoms in total. The summed E-state index contributed by atoms with van der Waals surface area (Å²) in [6.45, 7) is 5.53. The second-order valence-corrected chi connectivity index (χ2v) is 6.66. The van der Waals surface area contributed by atoms with E-state index in [-0.39, 0.29) is 0 Å². The van der Waals surface area contributed by atoms with Crippen molar-refractivity contribution in [3.05, 3.63) is 47.5 Å². The predicted molar refractivity (Wildman–Crippen MR) is 97.4 cm³/mol. The van der Waals surface area contributed by atoms with E-state index in [0.29, 0.717) is 18.9 Å². The quantitative estimate of drug-likeness (QED) is 0.748. The van der Waals surface area contributed by atoms with E-state index in [1.165, 1.54) is 24.2 Å². The minimum Gasteiger partial charge on any atom is -0.494 e. The molecule has 132 valence electrons. The molecule has 0 aliphatic carbocycles. The molecule has 0 amide bonds. The molecular formula is C20H26N4O. The van der Waals surface area contributed by atoms with Crippen LogP contribution < -0.4 is 10.1 Å². The van der Waals surface area contributed by atoms with Crippen LogP contribution in [0, 0.1) is 18.3 Å². The number of imidazole rings is 1. The molecule has 2 heterocycles. The Morgan fingerprint density at radius 3 is 3.24 bits per heavy atom. The fraction of sp³-hybridized carbons (Fsp3) is 0.500.